The first-order valence-electron chi connectivity index (χ1n) is 18.4. The zero-order chi connectivity index (χ0) is 35.3. The van der Waals surface area contributed by atoms with E-state index in [4.69, 9.17) is 4.74 Å². The third kappa shape index (κ3) is 7.73. The molecule has 282 valence electrons. The number of hydrogen-bond acceptors (Lipinski definition) is 9. The van der Waals surface area contributed by atoms with Crippen LogP contribution in [-0.2, 0) is 10.2 Å². The number of carbonyl (C=O) groups excluding carboxylic acids is 1. The molecule has 15 heteroatoms. The van der Waals surface area contributed by atoms with Crippen LogP contribution in [0.2, 0.25) is 0 Å². The van der Waals surface area contributed by atoms with Gasteiger partial charge in [0.25, 0.3) is 16.1 Å². The van der Waals surface area contributed by atoms with E-state index in [0.717, 1.165) is 77.9 Å². The number of anilines is 1. The Hall–Kier alpha value is -2.62. The second kappa shape index (κ2) is 15.0. The van der Waals surface area contributed by atoms with Crippen molar-refractivity contribution in [2.75, 3.05) is 76.9 Å². The van der Waals surface area contributed by atoms with Crippen LogP contribution in [-0.4, -0.2) is 127 Å². The number of rotatable bonds is 10. The summed E-state index contributed by atoms with van der Waals surface area (Å²) in [6.45, 7) is 17.0. The van der Waals surface area contributed by atoms with Gasteiger partial charge in [0.2, 0.25) is 0 Å². The second-order valence-electron chi connectivity index (χ2n) is 16.0. The van der Waals surface area contributed by atoms with Crippen LogP contribution in [0, 0.1) is 22.6 Å². The lowest BCUT2D eigenvalue weighted by molar-refractivity contribution is -0.0429. The molecule has 5 fully saturated rings. The van der Waals surface area contributed by atoms with Crippen molar-refractivity contribution >= 4 is 34.3 Å². The van der Waals surface area contributed by atoms with Gasteiger partial charge in [-0.1, -0.05) is 0 Å². The van der Waals surface area contributed by atoms with Gasteiger partial charge in [-0.25, -0.2) is 14.4 Å². The number of ether oxygens (including phenoxy) is 1. The van der Waals surface area contributed by atoms with E-state index in [2.05, 4.69) is 25.1 Å². The highest BCUT2D eigenvalue weighted by atomic mass is 35.5. The number of amides is 1. The minimum absolute atomic E-state index is 0. The summed E-state index contributed by atoms with van der Waals surface area (Å²) in [6, 6.07) is 3.91. The molecule has 5 saturated heterocycles. The Morgan fingerprint density at radius 1 is 0.980 bits per heavy atom. The van der Waals surface area contributed by atoms with Crippen LogP contribution in [0.3, 0.4) is 0 Å². The minimum Gasteiger partial charge on any atom is -0.451 e. The first-order chi connectivity index (χ1) is 23.9. The quantitative estimate of drug-likeness (QED) is 0.381. The van der Waals surface area contributed by atoms with Crippen LogP contribution in [0.4, 0.5) is 10.2 Å². The summed E-state index contributed by atoms with van der Waals surface area (Å²) in [6.07, 6.45) is 8.11. The third-order valence-corrected chi connectivity index (χ3v) is 13.7. The standard InChI is InChI=1S/C36H53FN8O4S.ClH/c1-26(2)45(27(3)4)34(46)30-17-29(37)5-6-31(30)49-32-18-39-25-40-33(32)42-14-7-28(20-42)19-41-21-36(22-41)10-15-43(16-11-36)50(47,48)44-23-35(24-44)8-12-38-13-9-35;/h5-6,17-18,25-28,38H,7-16,19-24H2,1-4H3;1H/t28-;/m0./s1. The monoisotopic (exact) mass is 748 g/mol. The van der Waals surface area contributed by atoms with Crippen molar-refractivity contribution in [2.24, 2.45) is 16.7 Å². The molecular formula is C36H54ClFN8O4S. The first kappa shape index (κ1) is 38.1. The van der Waals surface area contributed by atoms with E-state index in [0.29, 0.717) is 43.7 Å². The fourth-order valence-corrected chi connectivity index (χ4v) is 10.9. The summed E-state index contributed by atoms with van der Waals surface area (Å²) < 4.78 is 50.9. The van der Waals surface area contributed by atoms with E-state index in [9.17, 15) is 17.6 Å². The average Bonchev–Trinajstić information content (AvgIpc) is 3.52. The van der Waals surface area contributed by atoms with E-state index in [1.807, 2.05) is 27.7 Å². The van der Waals surface area contributed by atoms with Gasteiger partial charge in [0.05, 0.1) is 11.8 Å². The fourth-order valence-electron chi connectivity index (χ4n) is 9.08. The highest BCUT2D eigenvalue weighted by molar-refractivity contribution is 7.86. The van der Waals surface area contributed by atoms with Gasteiger partial charge in [-0.3, -0.25) is 4.79 Å². The maximum Gasteiger partial charge on any atom is 0.282 e. The second-order valence-corrected chi connectivity index (χ2v) is 18.0. The van der Waals surface area contributed by atoms with Gasteiger partial charge in [0.15, 0.2) is 11.6 Å². The Bertz CT molecular complexity index is 1640. The molecule has 0 radical (unpaired) electrons. The fraction of sp³-hybridized carbons (Fsp3) is 0.694. The molecule has 0 saturated carbocycles. The number of piperidine rings is 2. The van der Waals surface area contributed by atoms with Gasteiger partial charge in [0.1, 0.15) is 17.9 Å². The van der Waals surface area contributed by atoms with Crippen molar-refractivity contribution in [3.05, 3.63) is 42.1 Å². The molecule has 1 aromatic carbocycles. The Balaban J connectivity index is 0.00000448. The molecule has 2 aromatic rings. The van der Waals surface area contributed by atoms with E-state index in [1.54, 1.807) is 19.7 Å². The van der Waals surface area contributed by atoms with E-state index >= 15 is 0 Å². The van der Waals surface area contributed by atoms with E-state index < -0.39 is 16.0 Å². The molecule has 1 N–H and O–H groups in total. The topological polar surface area (TPSA) is 114 Å². The van der Waals surface area contributed by atoms with Crippen LogP contribution >= 0.6 is 12.4 Å². The Kier molecular flexibility index (Phi) is 11.2. The van der Waals surface area contributed by atoms with Crippen LogP contribution in [0.1, 0.15) is 70.2 Å². The maximum atomic E-state index is 14.4. The van der Waals surface area contributed by atoms with Crippen LogP contribution in [0.25, 0.3) is 0 Å². The number of halogens is 2. The molecule has 51 heavy (non-hydrogen) atoms. The number of nitrogens with one attached hydrogen (secondary N) is 1. The number of nitrogens with zero attached hydrogens (tertiary/aromatic N) is 7. The Morgan fingerprint density at radius 2 is 1.65 bits per heavy atom. The normalized spacial score (nSPS) is 23.7. The number of benzene rings is 1. The molecule has 7 rings (SSSR count). The van der Waals surface area contributed by atoms with Gasteiger partial charge >= 0.3 is 0 Å². The Labute approximate surface area is 308 Å². The molecule has 1 amide bonds. The van der Waals surface area contributed by atoms with Crippen molar-refractivity contribution in [1.29, 1.82) is 0 Å². The van der Waals surface area contributed by atoms with Crippen molar-refractivity contribution in [3.8, 4) is 11.5 Å². The third-order valence-electron chi connectivity index (χ3n) is 11.7. The van der Waals surface area contributed by atoms with Crippen LogP contribution in [0.5, 0.6) is 11.5 Å². The van der Waals surface area contributed by atoms with Crippen LogP contribution in [0.15, 0.2) is 30.7 Å². The van der Waals surface area contributed by atoms with Crippen molar-refractivity contribution in [3.63, 3.8) is 0 Å². The molecule has 0 bridgehead atoms. The van der Waals surface area contributed by atoms with Crippen molar-refractivity contribution in [2.45, 2.75) is 71.9 Å². The molecule has 0 aliphatic carbocycles. The summed E-state index contributed by atoms with van der Waals surface area (Å²) >= 11 is 0. The summed E-state index contributed by atoms with van der Waals surface area (Å²) in [4.78, 5) is 28.8. The summed E-state index contributed by atoms with van der Waals surface area (Å²) in [5.74, 6) is 1.04. The molecule has 1 atom stereocenters. The summed E-state index contributed by atoms with van der Waals surface area (Å²) in [5, 5.41) is 3.39. The molecule has 0 unspecified atom stereocenters. The summed E-state index contributed by atoms with van der Waals surface area (Å²) in [5.41, 5.74) is 0.577. The maximum absolute atomic E-state index is 14.4. The number of aromatic nitrogens is 2. The molecule has 1 aromatic heterocycles. The van der Waals surface area contributed by atoms with E-state index in [-0.39, 0.29) is 52.5 Å². The van der Waals surface area contributed by atoms with Crippen LogP contribution < -0.4 is 15.0 Å². The number of likely N-dealkylation sites (tertiary alicyclic amines) is 1. The highest BCUT2D eigenvalue weighted by Crippen LogP contribution is 2.45. The molecule has 2 spiro atoms. The number of hydrogen-bond donors (Lipinski definition) is 1. The van der Waals surface area contributed by atoms with Gasteiger partial charge in [-0.2, -0.15) is 17.0 Å². The smallest absolute Gasteiger partial charge is 0.282 e. The predicted octanol–water partition coefficient (Wildman–Crippen LogP) is 4.24. The highest BCUT2D eigenvalue weighted by Gasteiger charge is 2.52. The van der Waals surface area contributed by atoms with Crippen molar-refractivity contribution < 1.29 is 22.3 Å². The molecule has 5 aliphatic rings. The van der Waals surface area contributed by atoms with Gasteiger partial charge in [0, 0.05) is 76.4 Å². The minimum atomic E-state index is -3.37. The average molecular weight is 749 g/mol. The molecule has 5 aliphatic heterocycles. The SMILES string of the molecule is CC(C)N(C(=O)c1cc(F)ccc1Oc1cncnc1N1CC[C@@H](CN2CC3(CCN(S(=O)(=O)N4CC5(CCNCC5)C4)CC3)C2)C1)C(C)C.Cl. The zero-order valence-electron chi connectivity index (χ0n) is 30.4. The molecule has 6 heterocycles. The van der Waals surface area contributed by atoms with Gasteiger partial charge in [-0.05, 0) is 102 Å². The Morgan fingerprint density at radius 3 is 2.31 bits per heavy atom. The summed E-state index contributed by atoms with van der Waals surface area (Å²) in [7, 11) is -3.37. The zero-order valence-corrected chi connectivity index (χ0v) is 32.0. The van der Waals surface area contributed by atoms with Gasteiger partial charge in [-0.15, -0.1) is 12.4 Å². The van der Waals surface area contributed by atoms with E-state index in [1.165, 1.54) is 24.5 Å². The predicted molar refractivity (Wildman–Crippen MR) is 197 cm³/mol. The molecular weight excluding hydrogens is 695 g/mol. The lowest BCUT2D eigenvalue weighted by atomic mass is 9.72. The number of carbonyl (C=O) groups is 1. The lowest BCUT2D eigenvalue weighted by Crippen LogP contribution is -2.66. The lowest BCUT2D eigenvalue weighted by Gasteiger charge is -2.56. The van der Waals surface area contributed by atoms with Gasteiger partial charge < -0.3 is 24.8 Å². The van der Waals surface area contributed by atoms with Crippen molar-refractivity contribution in [1.82, 2.24) is 33.7 Å². The largest absolute Gasteiger partial charge is 0.451 e. The first-order valence-corrected chi connectivity index (χ1v) is 19.8. The molecule has 12 nitrogen and oxygen atoms in total.